The largest absolute Gasteiger partial charge is 0.470 e. The van der Waals surface area contributed by atoms with E-state index in [2.05, 4.69) is 13.8 Å². The van der Waals surface area contributed by atoms with Crippen LogP contribution in [0.4, 0.5) is 0 Å². The number of aliphatic hydroxyl groups excluding tert-OH is 3. The van der Waals surface area contributed by atoms with E-state index in [1.165, 1.54) is 154 Å². The molecule has 0 aromatic carbocycles. The van der Waals surface area contributed by atoms with Crippen LogP contribution in [0.1, 0.15) is 219 Å². The van der Waals surface area contributed by atoms with Gasteiger partial charge in [0.2, 0.25) is 0 Å². The predicted molar refractivity (Wildman–Crippen MR) is 204 cm³/mol. The van der Waals surface area contributed by atoms with Crippen LogP contribution in [0, 0.1) is 0 Å². The van der Waals surface area contributed by atoms with Gasteiger partial charge in [-0.25, -0.2) is 4.57 Å². The molecule has 0 radical (unpaired) electrons. The summed E-state index contributed by atoms with van der Waals surface area (Å²) in [5.41, 5.74) is 3.39. The van der Waals surface area contributed by atoms with Crippen LogP contribution >= 0.6 is 7.82 Å². The first-order chi connectivity index (χ1) is 23.2. The van der Waals surface area contributed by atoms with Crippen LogP contribution in [0.5, 0.6) is 0 Å². The number of unbranched alkanes of at least 4 members (excludes halogenated alkanes) is 28. The molecule has 0 rings (SSSR count). The maximum absolute atomic E-state index is 11.9. The molecule has 0 saturated carbocycles. The Labute approximate surface area is 298 Å². The van der Waals surface area contributed by atoms with Gasteiger partial charge in [0.25, 0.3) is 0 Å². The zero-order valence-electron chi connectivity index (χ0n) is 31.9. The van der Waals surface area contributed by atoms with Crippen molar-refractivity contribution < 1.29 is 34.2 Å². The Bertz CT molecular complexity index is 664. The molecule has 2 unspecified atom stereocenters. The van der Waals surface area contributed by atoms with Crippen molar-refractivity contribution in [2.24, 2.45) is 5.73 Å². The first kappa shape index (κ1) is 50.1. The average molecular weight is 710 g/mol. The normalized spacial score (nSPS) is 13.7. The molecule has 0 aliphatic carbocycles. The van der Waals surface area contributed by atoms with E-state index in [-0.39, 0.29) is 6.61 Å². The van der Waals surface area contributed by atoms with Gasteiger partial charge in [-0.05, 0) is 12.8 Å². The Morgan fingerprint density at radius 3 is 0.938 bits per heavy atom. The van der Waals surface area contributed by atoms with Crippen molar-refractivity contribution in [2.75, 3.05) is 19.8 Å². The van der Waals surface area contributed by atoms with E-state index >= 15 is 0 Å². The van der Waals surface area contributed by atoms with Crippen LogP contribution in [0.3, 0.4) is 0 Å². The summed E-state index contributed by atoms with van der Waals surface area (Å²) in [7, 11) is -4.80. The molecule has 0 heterocycles. The third-order valence-corrected chi connectivity index (χ3v) is 10.2. The number of rotatable bonds is 37. The van der Waals surface area contributed by atoms with E-state index in [0.29, 0.717) is 19.4 Å². The lowest BCUT2D eigenvalue weighted by Crippen LogP contribution is -2.46. The van der Waals surface area contributed by atoms with Crippen molar-refractivity contribution in [2.45, 2.75) is 231 Å². The van der Waals surface area contributed by atoms with Gasteiger partial charge in [-0.1, -0.05) is 206 Å². The second-order valence-electron chi connectivity index (χ2n) is 14.3. The van der Waals surface area contributed by atoms with Crippen LogP contribution in [0.25, 0.3) is 0 Å². The van der Waals surface area contributed by atoms with Gasteiger partial charge in [0, 0.05) is 6.54 Å². The van der Waals surface area contributed by atoms with Crippen LogP contribution in [-0.2, 0) is 9.09 Å². The molecule has 0 aromatic rings. The molecule has 0 spiro atoms. The highest BCUT2D eigenvalue weighted by atomic mass is 31.2. The van der Waals surface area contributed by atoms with Crippen molar-refractivity contribution >= 4 is 7.82 Å². The molecule has 9 heteroatoms. The summed E-state index contributed by atoms with van der Waals surface area (Å²) in [5, 5.41) is 28.1. The molecule has 0 aliphatic rings. The second kappa shape index (κ2) is 38.2. The summed E-state index contributed by atoms with van der Waals surface area (Å²) in [6.45, 7) is 4.44. The standard InChI is InChI=1S/C37H77O6P.C2H7NO/c1-3-5-7-9-11-13-15-17-19-20-22-24-26-28-30-32-34-37(36(39)35-38,43-44(40,41)42)33-31-29-27-25-23-21-18-16-14-12-10-8-6-4-2;3-1-2-4/h36,38-39H,3-35H2,1-2H3,(H2,40,41,42);4H,1-3H2. The van der Waals surface area contributed by atoms with Crippen molar-refractivity contribution in [3.63, 3.8) is 0 Å². The van der Waals surface area contributed by atoms with E-state index in [4.69, 9.17) is 15.4 Å². The molecule has 0 bridgehead atoms. The molecule has 8 nitrogen and oxygen atoms in total. The van der Waals surface area contributed by atoms with Gasteiger partial charge >= 0.3 is 7.82 Å². The molecular formula is C39H84NO7P. The zero-order chi connectivity index (χ0) is 36.0. The lowest BCUT2D eigenvalue weighted by Gasteiger charge is -2.37. The third-order valence-electron chi connectivity index (χ3n) is 9.62. The minimum Gasteiger partial charge on any atom is -0.395 e. The van der Waals surface area contributed by atoms with Crippen molar-refractivity contribution in [3.05, 3.63) is 0 Å². The topological polar surface area (TPSA) is 153 Å². The average Bonchev–Trinajstić information content (AvgIpc) is 3.07. The maximum atomic E-state index is 11.9. The lowest BCUT2D eigenvalue weighted by atomic mass is 9.85. The fourth-order valence-electron chi connectivity index (χ4n) is 6.60. The second-order valence-corrected chi connectivity index (χ2v) is 15.4. The van der Waals surface area contributed by atoms with Crippen LogP contribution in [-0.4, -0.2) is 56.6 Å². The molecule has 0 aromatic heterocycles. The van der Waals surface area contributed by atoms with E-state index in [0.717, 1.165) is 38.5 Å². The Morgan fingerprint density at radius 2 is 0.750 bits per heavy atom. The molecule has 0 aliphatic heterocycles. The van der Waals surface area contributed by atoms with Gasteiger partial charge in [0.05, 0.1) is 13.2 Å². The number of hydrogen-bond donors (Lipinski definition) is 6. The highest BCUT2D eigenvalue weighted by Crippen LogP contribution is 2.46. The number of hydrogen-bond acceptors (Lipinski definition) is 6. The summed E-state index contributed by atoms with van der Waals surface area (Å²) < 4.78 is 17.1. The minimum absolute atomic E-state index is 0.0972. The first-order valence-electron chi connectivity index (χ1n) is 20.6. The summed E-state index contributed by atoms with van der Waals surface area (Å²) in [6, 6.07) is 0. The smallest absolute Gasteiger partial charge is 0.395 e. The van der Waals surface area contributed by atoms with Gasteiger partial charge in [-0.3, -0.25) is 4.52 Å². The summed E-state index contributed by atoms with van der Waals surface area (Å²) in [6.07, 6.45) is 36.8. The lowest BCUT2D eigenvalue weighted by molar-refractivity contribution is -0.0999. The Kier molecular flexibility index (Phi) is 39.8. The number of aliphatic hydroxyl groups is 3. The molecule has 0 amide bonds. The summed E-state index contributed by atoms with van der Waals surface area (Å²) in [5.74, 6) is 0. The van der Waals surface area contributed by atoms with E-state index in [1.807, 2.05) is 0 Å². The molecule has 292 valence electrons. The van der Waals surface area contributed by atoms with Gasteiger partial charge < -0.3 is 30.8 Å². The Balaban J connectivity index is 0. The third kappa shape index (κ3) is 35.8. The van der Waals surface area contributed by atoms with Gasteiger partial charge in [-0.2, -0.15) is 0 Å². The fraction of sp³-hybridized carbons (Fsp3) is 1.00. The van der Waals surface area contributed by atoms with Crippen LogP contribution < -0.4 is 5.73 Å². The van der Waals surface area contributed by atoms with Crippen LogP contribution in [0.2, 0.25) is 0 Å². The number of phosphoric acid groups is 1. The van der Waals surface area contributed by atoms with Crippen molar-refractivity contribution in [3.8, 4) is 0 Å². The molecular weight excluding hydrogens is 625 g/mol. The number of nitrogens with two attached hydrogens (primary N) is 1. The highest BCUT2D eigenvalue weighted by Gasteiger charge is 2.43. The predicted octanol–water partition coefficient (Wildman–Crippen LogP) is 10.6. The van der Waals surface area contributed by atoms with E-state index in [1.54, 1.807) is 0 Å². The molecule has 7 N–H and O–H groups in total. The van der Waals surface area contributed by atoms with E-state index < -0.39 is 26.1 Å². The molecule has 48 heavy (non-hydrogen) atoms. The minimum atomic E-state index is -4.80. The zero-order valence-corrected chi connectivity index (χ0v) is 32.8. The summed E-state index contributed by atoms with van der Waals surface area (Å²) >= 11 is 0. The first-order valence-corrected chi connectivity index (χ1v) is 22.1. The Hall–Kier alpha value is -0.0500. The van der Waals surface area contributed by atoms with Gasteiger partial charge in [0.15, 0.2) is 0 Å². The van der Waals surface area contributed by atoms with Crippen molar-refractivity contribution in [1.82, 2.24) is 0 Å². The maximum Gasteiger partial charge on any atom is 0.470 e. The quantitative estimate of drug-likeness (QED) is 0.0275. The van der Waals surface area contributed by atoms with Crippen molar-refractivity contribution in [1.29, 1.82) is 0 Å². The van der Waals surface area contributed by atoms with Gasteiger partial charge in [0.1, 0.15) is 11.7 Å². The van der Waals surface area contributed by atoms with Gasteiger partial charge in [-0.15, -0.1) is 0 Å². The monoisotopic (exact) mass is 710 g/mol. The highest BCUT2D eigenvalue weighted by molar-refractivity contribution is 7.46. The number of phosphoric ester groups is 1. The Morgan fingerprint density at radius 1 is 0.521 bits per heavy atom. The fourth-order valence-corrected chi connectivity index (χ4v) is 7.38. The molecule has 2 atom stereocenters. The molecule has 0 saturated heterocycles. The SMILES string of the molecule is CCCCCCCCCCCCCCCCCCC(CCCCCCCCCCCCCCCC)(OP(=O)(O)O)C(O)CO.NCCO. The molecule has 0 fully saturated rings. The van der Waals surface area contributed by atoms with E-state index in [9.17, 15) is 24.6 Å². The van der Waals surface area contributed by atoms with Crippen LogP contribution in [0.15, 0.2) is 0 Å². The summed E-state index contributed by atoms with van der Waals surface area (Å²) in [4.78, 5) is 19.3.